The fraction of sp³-hybridized carbons (Fsp3) is 0.250. The van der Waals surface area contributed by atoms with E-state index in [0.29, 0.717) is 47.7 Å². The second kappa shape index (κ2) is 7.15. The van der Waals surface area contributed by atoms with Crippen molar-refractivity contribution in [3.8, 4) is 0 Å². The third-order valence-corrected chi connectivity index (χ3v) is 4.60. The number of piperazine rings is 1. The molecule has 1 aromatic heterocycles. The molecule has 1 aliphatic heterocycles. The van der Waals surface area contributed by atoms with Crippen LogP contribution in [-0.2, 0) is 0 Å². The lowest BCUT2D eigenvalue weighted by molar-refractivity contribution is 0.0640. The highest BCUT2D eigenvalue weighted by molar-refractivity contribution is 6.43. The van der Waals surface area contributed by atoms with Crippen LogP contribution >= 0.6 is 23.2 Å². The molecular formula is C16H15Cl2N3O3. The smallest absolute Gasteiger partial charge is 0.322 e. The van der Waals surface area contributed by atoms with E-state index in [0.717, 1.165) is 0 Å². The van der Waals surface area contributed by atoms with Crippen molar-refractivity contribution < 1.29 is 14.0 Å². The van der Waals surface area contributed by atoms with Gasteiger partial charge < -0.3 is 19.5 Å². The van der Waals surface area contributed by atoms with Gasteiger partial charge in [0.05, 0.1) is 22.0 Å². The number of nitrogens with zero attached hydrogens (tertiary/aromatic N) is 2. The van der Waals surface area contributed by atoms with Crippen LogP contribution in [0.3, 0.4) is 0 Å². The first-order chi connectivity index (χ1) is 11.6. The summed E-state index contributed by atoms with van der Waals surface area (Å²) in [6, 6.07) is 8.07. The minimum Gasteiger partial charge on any atom is -0.459 e. The Labute approximate surface area is 148 Å². The second-order valence-electron chi connectivity index (χ2n) is 5.29. The van der Waals surface area contributed by atoms with Crippen molar-refractivity contribution in [2.45, 2.75) is 0 Å². The molecule has 6 nitrogen and oxygen atoms in total. The Morgan fingerprint density at radius 2 is 1.71 bits per heavy atom. The van der Waals surface area contributed by atoms with E-state index in [1.807, 2.05) is 0 Å². The molecule has 0 unspecified atom stereocenters. The molecule has 1 N–H and O–H groups in total. The van der Waals surface area contributed by atoms with Gasteiger partial charge in [-0.05, 0) is 24.3 Å². The highest BCUT2D eigenvalue weighted by Gasteiger charge is 2.26. The monoisotopic (exact) mass is 367 g/mol. The van der Waals surface area contributed by atoms with Crippen LogP contribution in [0.4, 0.5) is 10.5 Å². The summed E-state index contributed by atoms with van der Waals surface area (Å²) < 4.78 is 5.11. The number of urea groups is 1. The number of rotatable bonds is 2. The number of nitrogens with one attached hydrogen (secondary N) is 1. The molecule has 1 aromatic carbocycles. The van der Waals surface area contributed by atoms with Gasteiger partial charge in [-0.15, -0.1) is 0 Å². The van der Waals surface area contributed by atoms with Crippen LogP contribution in [0.15, 0.2) is 41.0 Å². The lowest BCUT2D eigenvalue weighted by atomic mass is 10.3. The SMILES string of the molecule is O=C(Nc1cccc(Cl)c1Cl)N1CCN(C(=O)c2ccco2)CC1. The quantitative estimate of drug-likeness (QED) is 0.881. The molecule has 1 saturated heterocycles. The van der Waals surface area contributed by atoms with Crippen LogP contribution in [0, 0.1) is 0 Å². The number of carbonyl (C=O) groups excluding carboxylic acids is 2. The molecule has 1 aliphatic rings. The molecule has 0 radical (unpaired) electrons. The molecule has 1 fully saturated rings. The molecule has 0 saturated carbocycles. The maximum Gasteiger partial charge on any atom is 0.322 e. The highest BCUT2D eigenvalue weighted by atomic mass is 35.5. The molecule has 3 rings (SSSR count). The summed E-state index contributed by atoms with van der Waals surface area (Å²) in [7, 11) is 0. The first kappa shape index (κ1) is 16.7. The third kappa shape index (κ3) is 3.49. The van der Waals surface area contributed by atoms with E-state index >= 15 is 0 Å². The van der Waals surface area contributed by atoms with E-state index < -0.39 is 0 Å². The minimum atomic E-state index is -0.274. The fourth-order valence-electron chi connectivity index (χ4n) is 2.46. The van der Waals surface area contributed by atoms with Gasteiger partial charge in [0.2, 0.25) is 0 Å². The van der Waals surface area contributed by atoms with Gasteiger partial charge in [-0.25, -0.2) is 4.79 Å². The number of halogens is 2. The summed E-state index contributed by atoms with van der Waals surface area (Å²) in [6.45, 7) is 1.74. The van der Waals surface area contributed by atoms with E-state index in [-0.39, 0.29) is 11.9 Å². The molecule has 0 bridgehead atoms. The zero-order valence-electron chi connectivity index (χ0n) is 12.7. The maximum absolute atomic E-state index is 12.3. The summed E-state index contributed by atoms with van der Waals surface area (Å²) in [4.78, 5) is 27.8. The molecular weight excluding hydrogens is 353 g/mol. The van der Waals surface area contributed by atoms with E-state index in [1.54, 1.807) is 40.1 Å². The maximum atomic E-state index is 12.3. The number of carbonyl (C=O) groups is 2. The van der Waals surface area contributed by atoms with Gasteiger partial charge in [-0.1, -0.05) is 29.3 Å². The zero-order chi connectivity index (χ0) is 17.1. The number of hydrogen-bond acceptors (Lipinski definition) is 3. The average molecular weight is 368 g/mol. The number of furan rings is 1. The van der Waals surface area contributed by atoms with Crippen molar-refractivity contribution >= 4 is 40.8 Å². The predicted molar refractivity (Wildman–Crippen MR) is 91.7 cm³/mol. The van der Waals surface area contributed by atoms with Crippen LogP contribution in [0.25, 0.3) is 0 Å². The largest absolute Gasteiger partial charge is 0.459 e. The van der Waals surface area contributed by atoms with Crippen molar-refractivity contribution in [2.24, 2.45) is 0 Å². The Kier molecular flexibility index (Phi) is 4.97. The van der Waals surface area contributed by atoms with Gasteiger partial charge >= 0.3 is 6.03 Å². The number of hydrogen-bond donors (Lipinski definition) is 1. The molecule has 0 spiro atoms. The van der Waals surface area contributed by atoms with Gasteiger partial charge in [-0.2, -0.15) is 0 Å². The van der Waals surface area contributed by atoms with Crippen LogP contribution in [0.1, 0.15) is 10.6 Å². The number of benzene rings is 1. The van der Waals surface area contributed by atoms with Crippen LogP contribution < -0.4 is 5.32 Å². The lowest BCUT2D eigenvalue weighted by Crippen LogP contribution is -2.51. The Balaban J connectivity index is 1.57. The van der Waals surface area contributed by atoms with E-state index in [9.17, 15) is 9.59 Å². The predicted octanol–water partition coefficient (Wildman–Crippen LogP) is 3.58. The first-order valence-electron chi connectivity index (χ1n) is 7.39. The molecule has 8 heteroatoms. The first-order valence-corrected chi connectivity index (χ1v) is 8.14. The van der Waals surface area contributed by atoms with E-state index in [2.05, 4.69) is 5.32 Å². The van der Waals surface area contributed by atoms with Gasteiger partial charge in [-0.3, -0.25) is 4.79 Å². The normalized spacial score (nSPS) is 14.6. The third-order valence-electron chi connectivity index (χ3n) is 3.78. The Morgan fingerprint density at radius 3 is 2.38 bits per heavy atom. The van der Waals surface area contributed by atoms with Crippen molar-refractivity contribution in [3.05, 3.63) is 52.4 Å². The average Bonchev–Trinajstić information content (AvgIpc) is 3.13. The van der Waals surface area contributed by atoms with Gasteiger partial charge in [0, 0.05) is 26.2 Å². The molecule has 24 heavy (non-hydrogen) atoms. The van der Waals surface area contributed by atoms with E-state index in [1.165, 1.54) is 6.26 Å². The number of anilines is 1. The van der Waals surface area contributed by atoms with Crippen molar-refractivity contribution in [3.63, 3.8) is 0 Å². The summed E-state index contributed by atoms with van der Waals surface area (Å²) in [5.74, 6) is 0.136. The highest BCUT2D eigenvalue weighted by Crippen LogP contribution is 2.29. The fourth-order valence-corrected chi connectivity index (χ4v) is 2.81. The van der Waals surface area contributed by atoms with Crippen LogP contribution in [0.5, 0.6) is 0 Å². The molecule has 3 amide bonds. The van der Waals surface area contributed by atoms with Crippen molar-refractivity contribution in [2.75, 3.05) is 31.5 Å². The Morgan fingerprint density at radius 1 is 1.00 bits per heavy atom. The zero-order valence-corrected chi connectivity index (χ0v) is 14.2. The summed E-state index contributed by atoms with van der Waals surface area (Å²) >= 11 is 12.0. The van der Waals surface area contributed by atoms with Crippen molar-refractivity contribution in [1.29, 1.82) is 0 Å². The molecule has 2 heterocycles. The molecule has 0 aliphatic carbocycles. The molecule has 126 valence electrons. The minimum absolute atomic E-state index is 0.169. The number of amides is 3. The van der Waals surface area contributed by atoms with Crippen LogP contribution in [0.2, 0.25) is 10.0 Å². The Bertz CT molecular complexity index is 741. The summed E-state index contributed by atoms with van der Waals surface area (Å²) in [5, 5.41) is 3.42. The van der Waals surface area contributed by atoms with Crippen LogP contribution in [-0.4, -0.2) is 47.9 Å². The van der Waals surface area contributed by atoms with Gasteiger partial charge in [0.1, 0.15) is 0 Å². The molecule has 2 aromatic rings. The standard InChI is InChI=1S/C16H15Cl2N3O3/c17-11-3-1-4-12(14(11)18)19-16(23)21-8-6-20(7-9-21)15(22)13-5-2-10-24-13/h1-5,10H,6-9H2,(H,19,23). The van der Waals surface area contributed by atoms with Gasteiger partial charge in [0.25, 0.3) is 5.91 Å². The molecule has 0 atom stereocenters. The second-order valence-corrected chi connectivity index (χ2v) is 6.07. The summed E-state index contributed by atoms with van der Waals surface area (Å²) in [6.07, 6.45) is 1.46. The summed E-state index contributed by atoms with van der Waals surface area (Å²) in [5.41, 5.74) is 0.461. The van der Waals surface area contributed by atoms with Crippen molar-refractivity contribution in [1.82, 2.24) is 9.80 Å². The lowest BCUT2D eigenvalue weighted by Gasteiger charge is -2.34. The Hall–Kier alpha value is -2.18. The van der Waals surface area contributed by atoms with Gasteiger partial charge in [0.15, 0.2) is 5.76 Å². The topological polar surface area (TPSA) is 65.8 Å². The van der Waals surface area contributed by atoms with E-state index in [4.69, 9.17) is 27.6 Å².